The molecule has 0 fully saturated rings. The van der Waals surface area contributed by atoms with Crippen LogP contribution in [0.2, 0.25) is 0 Å². The number of benzene rings is 1. The minimum atomic E-state index is -0.202. The summed E-state index contributed by atoms with van der Waals surface area (Å²) in [7, 11) is 0. The number of hydrogen-bond donors (Lipinski definition) is 3. The molecule has 0 aliphatic carbocycles. The molecule has 18 heavy (non-hydrogen) atoms. The number of aromatic nitrogens is 2. The van der Waals surface area contributed by atoms with Crippen LogP contribution in [-0.2, 0) is 0 Å². The van der Waals surface area contributed by atoms with E-state index in [0.717, 1.165) is 16.9 Å². The van der Waals surface area contributed by atoms with Crippen molar-refractivity contribution < 1.29 is 4.79 Å². The van der Waals surface area contributed by atoms with Gasteiger partial charge in [-0.2, -0.15) is 0 Å². The van der Waals surface area contributed by atoms with Crippen molar-refractivity contribution in [2.24, 2.45) is 0 Å². The van der Waals surface area contributed by atoms with Crippen molar-refractivity contribution in [3.8, 4) is 11.3 Å². The molecule has 2 rings (SSSR count). The highest BCUT2D eigenvalue weighted by atomic mass is 16.2. The molecule has 5 nitrogen and oxygen atoms in total. The zero-order valence-electron chi connectivity index (χ0n) is 10.4. The molecule has 0 saturated heterocycles. The number of nitrogens with zero attached hydrogens (tertiary/aromatic N) is 1. The van der Waals surface area contributed by atoms with Gasteiger partial charge in [-0.15, -0.1) is 0 Å². The van der Waals surface area contributed by atoms with Crippen LogP contribution in [-0.4, -0.2) is 22.0 Å². The summed E-state index contributed by atoms with van der Waals surface area (Å²) in [5.74, 6) is 0. The van der Waals surface area contributed by atoms with Gasteiger partial charge in [-0.05, 0) is 26.0 Å². The molecule has 2 aromatic rings. The van der Waals surface area contributed by atoms with Gasteiger partial charge in [-0.3, -0.25) is 0 Å². The lowest BCUT2D eigenvalue weighted by atomic mass is 10.1. The normalized spacial score (nSPS) is 10.4. The maximum absolute atomic E-state index is 11.6. The Morgan fingerprint density at radius 2 is 2.22 bits per heavy atom. The fourth-order valence-corrected chi connectivity index (χ4v) is 1.61. The fourth-order valence-electron chi connectivity index (χ4n) is 1.61. The maximum Gasteiger partial charge on any atom is 0.319 e. The van der Waals surface area contributed by atoms with Crippen LogP contribution in [0.25, 0.3) is 11.3 Å². The highest BCUT2D eigenvalue weighted by Crippen LogP contribution is 2.19. The Balaban J connectivity index is 2.11. The standard InChI is InChI=1S/C13H16N4O/c1-9(2)16-13(18)17-11-5-3-4-10(6-11)12-7-14-8-15-12/h3-9H,1-2H3,(H,14,15)(H2,16,17,18). The van der Waals surface area contributed by atoms with Gasteiger partial charge in [0.1, 0.15) is 0 Å². The van der Waals surface area contributed by atoms with Crippen LogP contribution in [0.15, 0.2) is 36.8 Å². The van der Waals surface area contributed by atoms with E-state index < -0.39 is 0 Å². The van der Waals surface area contributed by atoms with Crippen LogP contribution in [0.3, 0.4) is 0 Å². The second-order valence-corrected chi connectivity index (χ2v) is 4.30. The first-order valence-corrected chi connectivity index (χ1v) is 5.81. The Kier molecular flexibility index (Phi) is 3.62. The summed E-state index contributed by atoms with van der Waals surface area (Å²) in [5.41, 5.74) is 2.65. The third-order valence-corrected chi connectivity index (χ3v) is 2.35. The molecule has 0 aliphatic rings. The summed E-state index contributed by atoms with van der Waals surface area (Å²) >= 11 is 0. The van der Waals surface area contributed by atoms with Gasteiger partial charge in [0.25, 0.3) is 0 Å². The van der Waals surface area contributed by atoms with Crippen LogP contribution < -0.4 is 10.6 Å². The number of anilines is 1. The molecule has 5 heteroatoms. The summed E-state index contributed by atoms with van der Waals surface area (Å²) in [6, 6.07) is 7.50. The lowest BCUT2D eigenvalue weighted by Gasteiger charge is -2.10. The monoisotopic (exact) mass is 244 g/mol. The van der Waals surface area contributed by atoms with Gasteiger partial charge in [0, 0.05) is 17.3 Å². The molecule has 1 heterocycles. The first kappa shape index (κ1) is 12.2. The highest BCUT2D eigenvalue weighted by Gasteiger charge is 2.05. The molecule has 94 valence electrons. The van der Waals surface area contributed by atoms with Crippen molar-refractivity contribution in [2.75, 3.05) is 5.32 Å². The van der Waals surface area contributed by atoms with Gasteiger partial charge in [0.15, 0.2) is 0 Å². The first-order chi connectivity index (χ1) is 8.65. The minimum Gasteiger partial charge on any atom is -0.345 e. The fraction of sp³-hybridized carbons (Fsp3) is 0.231. The number of nitrogens with one attached hydrogen (secondary N) is 3. The number of amides is 2. The van der Waals surface area contributed by atoms with Crippen molar-refractivity contribution in [3.63, 3.8) is 0 Å². The highest BCUT2D eigenvalue weighted by molar-refractivity contribution is 5.90. The van der Waals surface area contributed by atoms with E-state index in [9.17, 15) is 4.79 Å². The van der Waals surface area contributed by atoms with Crippen LogP contribution in [0.5, 0.6) is 0 Å². The molecule has 0 radical (unpaired) electrons. The second-order valence-electron chi connectivity index (χ2n) is 4.30. The average molecular weight is 244 g/mol. The maximum atomic E-state index is 11.6. The van der Waals surface area contributed by atoms with E-state index in [4.69, 9.17) is 0 Å². The lowest BCUT2D eigenvalue weighted by molar-refractivity contribution is 0.250. The Morgan fingerprint density at radius 3 is 2.89 bits per heavy atom. The smallest absolute Gasteiger partial charge is 0.319 e. The molecular formula is C13H16N4O. The number of urea groups is 1. The molecule has 1 aromatic heterocycles. The molecule has 2 amide bonds. The van der Waals surface area contributed by atoms with Crippen LogP contribution in [0, 0.1) is 0 Å². The third-order valence-electron chi connectivity index (χ3n) is 2.35. The molecule has 0 unspecified atom stereocenters. The Morgan fingerprint density at radius 1 is 1.39 bits per heavy atom. The first-order valence-electron chi connectivity index (χ1n) is 5.81. The van der Waals surface area contributed by atoms with Crippen molar-refractivity contribution in [2.45, 2.75) is 19.9 Å². The minimum absolute atomic E-state index is 0.112. The largest absolute Gasteiger partial charge is 0.345 e. The predicted molar refractivity (Wildman–Crippen MR) is 71.3 cm³/mol. The van der Waals surface area contributed by atoms with Crippen molar-refractivity contribution in [3.05, 3.63) is 36.8 Å². The SMILES string of the molecule is CC(C)NC(=O)Nc1cccc(-c2cnc[nH]2)c1. The van der Waals surface area contributed by atoms with Gasteiger partial charge in [-0.1, -0.05) is 12.1 Å². The van der Waals surface area contributed by atoms with E-state index >= 15 is 0 Å². The van der Waals surface area contributed by atoms with Crippen molar-refractivity contribution in [1.29, 1.82) is 0 Å². The average Bonchev–Trinajstić information content (AvgIpc) is 2.81. The number of imidazole rings is 1. The Hall–Kier alpha value is -2.30. The number of carbonyl (C=O) groups is 1. The summed E-state index contributed by atoms with van der Waals surface area (Å²) in [6.45, 7) is 3.83. The predicted octanol–water partition coefficient (Wildman–Crippen LogP) is 2.61. The summed E-state index contributed by atoms with van der Waals surface area (Å²) in [4.78, 5) is 18.6. The topological polar surface area (TPSA) is 69.8 Å². The van der Waals surface area contributed by atoms with Gasteiger partial charge in [0.05, 0.1) is 18.2 Å². The van der Waals surface area contributed by atoms with E-state index in [1.165, 1.54) is 0 Å². The number of H-pyrrole nitrogens is 1. The third kappa shape index (κ3) is 3.10. The lowest BCUT2D eigenvalue weighted by Crippen LogP contribution is -2.34. The van der Waals surface area contributed by atoms with E-state index in [1.807, 2.05) is 38.1 Å². The van der Waals surface area contributed by atoms with Gasteiger partial charge in [-0.25, -0.2) is 9.78 Å². The summed E-state index contributed by atoms with van der Waals surface area (Å²) in [6.07, 6.45) is 3.37. The van der Waals surface area contributed by atoms with Crippen LogP contribution in [0.1, 0.15) is 13.8 Å². The summed E-state index contributed by atoms with van der Waals surface area (Å²) in [5, 5.41) is 5.57. The summed E-state index contributed by atoms with van der Waals surface area (Å²) < 4.78 is 0. The van der Waals surface area contributed by atoms with Crippen molar-refractivity contribution >= 4 is 11.7 Å². The van der Waals surface area contributed by atoms with Crippen molar-refractivity contribution in [1.82, 2.24) is 15.3 Å². The molecule has 0 saturated carbocycles. The van der Waals surface area contributed by atoms with E-state index in [0.29, 0.717) is 0 Å². The molecule has 0 atom stereocenters. The molecule has 0 bridgehead atoms. The molecule has 0 aliphatic heterocycles. The number of aromatic amines is 1. The van der Waals surface area contributed by atoms with E-state index in [2.05, 4.69) is 20.6 Å². The zero-order chi connectivity index (χ0) is 13.0. The molecule has 0 spiro atoms. The van der Waals surface area contributed by atoms with Gasteiger partial charge < -0.3 is 15.6 Å². The quantitative estimate of drug-likeness (QED) is 0.776. The Labute approximate surface area is 106 Å². The van der Waals surface area contributed by atoms with Crippen LogP contribution in [0.4, 0.5) is 10.5 Å². The van der Waals surface area contributed by atoms with E-state index in [1.54, 1.807) is 12.5 Å². The second kappa shape index (κ2) is 5.35. The van der Waals surface area contributed by atoms with Crippen LogP contribution >= 0.6 is 0 Å². The van der Waals surface area contributed by atoms with Gasteiger partial charge >= 0.3 is 6.03 Å². The Bertz CT molecular complexity index is 520. The zero-order valence-corrected chi connectivity index (χ0v) is 10.4. The molecule has 1 aromatic carbocycles. The number of hydrogen-bond acceptors (Lipinski definition) is 2. The number of carbonyl (C=O) groups excluding carboxylic acids is 1. The molecule has 3 N–H and O–H groups in total. The van der Waals surface area contributed by atoms with Gasteiger partial charge in [0.2, 0.25) is 0 Å². The van der Waals surface area contributed by atoms with E-state index in [-0.39, 0.29) is 12.1 Å². The number of rotatable bonds is 3. The molecular weight excluding hydrogens is 228 g/mol.